The lowest BCUT2D eigenvalue weighted by molar-refractivity contribution is -0.0872. The molecule has 0 radical (unpaired) electrons. The van der Waals surface area contributed by atoms with E-state index in [4.69, 9.17) is 25.5 Å². The summed E-state index contributed by atoms with van der Waals surface area (Å²) in [5.74, 6) is 6.47. The molecule has 1 aliphatic heterocycles. The molecule has 1 fully saturated rings. The summed E-state index contributed by atoms with van der Waals surface area (Å²) < 4.78 is 15.5. The summed E-state index contributed by atoms with van der Waals surface area (Å²) in [7, 11) is 1.56. The molecule has 6 N–H and O–H groups in total. The molecule has 19 heavy (non-hydrogen) atoms. The molecule has 0 atom stereocenters. The number of rotatable bonds is 3. The topological polar surface area (TPSA) is 116 Å². The van der Waals surface area contributed by atoms with E-state index in [-0.39, 0.29) is 18.3 Å². The first-order valence-electron chi connectivity index (χ1n) is 5.64. The van der Waals surface area contributed by atoms with E-state index >= 15 is 0 Å². The number of anilines is 1. The normalized spacial score (nSPS) is 14.1. The molecule has 2 rings (SSSR count). The molecule has 1 aromatic carbocycles. The van der Waals surface area contributed by atoms with Gasteiger partial charge in [-0.15, -0.1) is 0 Å². The largest absolute Gasteiger partial charge is 0.495 e. The molecule has 0 bridgehead atoms. The van der Waals surface area contributed by atoms with Gasteiger partial charge in [-0.1, -0.05) is 6.07 Å². The van der Waals surface area contributed by atoms with Gasteiger partial charge in [-0.2, -0.15) is 0 Å². The highest BCUT2D eigenvalue weighted by Gasteiger charge is 2.24. The highest BCUT2D eigenvalue weighted by molar-refractivity contribution is 5.90. The predicted octanol–water partition coefficient (Wildman–Crippen LogP) is 1.20. The molecule has 0 spiro atoms. The molecule has 106 valence electrons. The number of hydrogen-bond donors (Lipinski definition) is 3. The third-order valence-corrected chi connectivity index (χ3v) is 2.70. The maximum Gasteiger partial charge on any atom is 0.304 e. The fourth-order valence-corrected chi connectivity index (χ4v) is 1.59. The molecule has 0 aromatic heterocycles. The minimum atomic E-state index is -0.118. The Morgan fingerprint density at radius 2 is 2.16 bits per heavy atom. The van der Waals surface area contributed by atoms with Crippen LogP contribution in [0.2, 0.25) is 0 Å². The van der Waals surface area contributed by atoms with E-state index in [1.165, 1.54) is 5.01 Å². The average molecular weight is 268 g/mol. The second-order valence-corrected chi connectivity index (χ2v) is 4.13. The molecule has 0 aliphatic carbocycles. The van der Waals surface area contributed by atoms with Crippen molar-refractivity contribution in [2.45, 2.75) is 13.0 Å². The van der Waals surface area contributed by atoms with Crippen molar-refractivity contribution in [1.29, 1.82) is 5.41 Å². The van der Waals surface area contributed by atoms with Crippen molar-refractivity contribution < 1.29 is 14.2 Å². The number of nitrogens with one attached hydrogen (secondary N) is 1. The Labute approximate surface area is 112 Å². The average Bonchev–Trinajstić information content (AvgIpc) is 2.32. The van der Waals surface area contributed by atoms with Gasteiger partial charge in [0, 0.05) is 0 Å². The Balaban J connectivity index is 0.00000180. The summed E-state index contributed by atoms with van der Waals surface area (Å²) in [5.41, 5.74) is 1.63. The number of hydrazine groups is 1. The summed E-state index contributed by atoms with van der Waals surface area (Å²) in [6.07, 6.45) is -0.0839. The molecule has 7 heteroatoms. The second kappa shape index (κ2) is 6.37. The Hall–Kier alpha value is -1.83. The van der Waals surface area contributed by atoms with Gasteiger partial charge in [0.2, 0.25) is 0 Å². The van der Waals surface area contributed by atoms with Crippen LogP contribution in [0.15, 0.2) is 18.2 Å². The lowest BCUT2D eigenvalue weighted by atomic mass is 10.2. The van der Waals surface area contributed by atoms with Crippen molar-refractivity contribution in [1.82, 2.24) is 6.15 Å². The lowest BCUT2D eigenvalue weighted by Gasteiger charge is -2.29. The molecular weight excluding hydrogens is 248 g/mol. The standard InChI is InChI=1S/C12H17N3O3.H3N/c1-8-3-4-11(16-2)10(5-8)15(14)12(13)18-9-6-17-7-9;/h3-5,9,13H,6-7,14H2,1-2H3;1H3. The van der Waals surface area contributed by atoms with Crippen molar-refractivity contribution in [2.75, 3.05) is 25.3 Å². The first-order valence-corrected chi connectivity index (χ1v) is 5.64. The number of methoxy groups -OCH3 is 1. The summed E-state index contributed by atoms with van der Waals surface area (Å²) in [5, 5.41) is 8.98. The predicted molar refractivity (Wildman–Crippen MR) is 72.8 cm³/mol. The van der Waals surface area contributed by atoms with Gasteiger partial charge in [-0.3, -0.25) is 0 Å². The van der Waals surface area contributed by atoms with E-state index in [1.807, 2.05) is 25.1 Å². The number of nitrogens with zero attached hydrogens (tertiary/aromatic N) is 1. The van der Waals surface area contributed by atoms with Crippen LogP contribution in [0, 0.1) is 12.3 Å². The number of amidine groups is 1. The third-order valence-electron chi connectivity index (χ3n) is 2.70. The molecule has 1 saturated heterocycles. The van der Waals surface area contributed by atoms with Gasteiger partial charge < -0.3 is 20.4 Å². The van der Waals surface area contributed by atoms with Crippen molar-refractivity contribution in [3.8, 4) is 5.75 Å². The van der Waals surface area contributed by atoms with E-state index in [2.05, 4.69) is 0 Å². The van der Waals surface area contributed by atoms with Crippen LogP contribution in [0.4, 0.5) is 5.69 Å². The number of benzene rings is 1. The van der Waals surface area contributed by atoms with Gasteiger partial charge in [-0.25, -0.2) is 16.3 Å². The van der Waals surface area contributed by atoms with Gasteiger partial charge in [0.25, 0.3) is 0 Å². The fourth-order valence-electron chi connectivity index (χ4n) is 1.59. The fraction of sp³-hybridized carbons (Fsp3) is 0.417. The van der Waals surface area contributed by atoms with Crippen molar-refractivity contribution in [3.05, 3.63) is 23.8 Å². The van der Waals surface area contributed by atoms with Crippen LogP contribution < -0.4 is 21.7 Å². The van der Waals surface area contributed by atoms with Crippen molar-refractivity contribution in [3.63, 3.8) is 0 Å². The number of aryl methyl sites for hydroxylation is 1. The molecule has 0 saturated carbocycles. The van der Waals surface area contributed by atoms with Crippen LogP contribution >= 0.6 is 0 Å². The number of hydrogen-bond acceptors (Lipinski definition) is 6. The first kappa shape index (κ1) is 15.2. The smallest absolute Gasteiger partial charge is 0.304 e. The molecular formula is C12H20N4O3. The summed E-state index contributed by atoms with van der Waals surface area (Å²) in [4.78, 5) is 0. The monoisotopic (exact) mass is 268 g/mol. The van der Waals surface area contributed by atoms with Crippen molar-refractivity contribution in [2.24, 2.45) is 5.84 Å². The Kier molecular flexibility index (Phi) is 5.11. The quantitative estimate of drug-likeness (QED) is 0.328. The Morgan fingerprint density at radius 3 is 2.68 bits per heavy atom. The number of ether oxygens (including phenoxy) is 3. The molecule has 1 aromatic rings. The van der Waals surface area contributed by atoms with E-state index in [1.54, 1.807) is 7.11 Å². The van der Waals surface area contributed by atoms with Gasteiger partial charge in [0.15, 0.2) is 0 Å². The summed E-state index contributed by atoms with van der Waals surface area (Å²) in [6.45, 7) is 2.95. The van der Waals surface area contributed by atoms with E-state index in [0.29, 0.717) is 24.7 Å². The SMILES string of the molecule is COc1ccc(C)cc1N(N)C(=N)OC1COC1.N. The highest BCUT2D eigenvalue weighted by Crippen LogP contribution is 2.28. The van der Waals surface area contributed by atoms with Crippen molar-refractivity contribution >= 4 is 11.7 Å². The summed E-state index contributed by atoms with van der Waals surface area (Å²) >= 11 is 0. The van der Waals surface area contributed by atoms with E-state index in [0.717, 1.165) is 5.56 Å². The molecule has 0 amide bonds. The van der Waals surface area contributed by atoms with Crippen LogP contribution in [0.1, 0.15) is 5.56 Å². The van der Waals surface area contributed by atoms with Gasteiger partial charge in [0.05, 0.1) is 20.3 Å². The maximum absolute atomic E-state index is 7.81. The van der Waals surface area contributed by atoms with Crippen LogP contribution in [0.5, 0.6) is 5.75 Å². The highest BCUT2D eigenvalue weighted by atomic mass is 16.6. The molecule has 1 aliphatic rings. The van der Waals surface area contributed by atoms with Gasteiger partial charge in [0.1, 0.15) is 17.5 Å². The maximum atomic E-state index is 7.81. The molecule has 1 heterocycles. The number of nitrogens with two attached hydrogens (primary N) is 1. The zero-order valence-electron chi connectivity index (χ0n) is 11.2. The first-order chi connectivity index (χ1) is 8.61. The summed E-state index contributed by atoms with van der Waals surface area (Å²) in [6, 6.07) is 5.45. The van der Waals surface area contributed by atoms with Gasteiger partial charge in [-0.05, 0) is 24.6 Å². The van der Waals surface area contributed by atoms with Gasteiger partial charge >= 0.3 is 6.02 Å². The molecule has 0 unspecified atom stereocenters. The minimum Gasteiger partial charge on any atom is -0.495 e. The zero-order valence-corrected chi connectivity index (χ0v) is 11.2. The Morgan fingerprint density at radius 1 is 1.47 bits per heavy atom. The van der Waals surface area contributed by atoms with E-state index < -0.39 is 0 Å². The van der Waals surface area contributed by atoms with Crippen LogP contribution in [-0.2, 0) is 9.47 Å². The van der Waals surface area contributed by atoms with Crippen LogP contribution in [-0.4, -0.2) is 32.4 Å². The van der Waals surface area contributed by atoms with Crippen LogP contribution in [0.3, 0.4) is 0 Å². The van der Waals surface area contributed by atoms with Crippen LogP contribution in [0.25, 0.3) is 0 Å². The van der Waals surface area contributed by atoms with E-state index in [9.17, 15) is 0 Å². The lowest BCUT2D eigenvalue weighted by Crippen LogP contribution is -2.45. The Bertz CT molecular complexity index is 449. The third kappa shape index (κ3) is 3.34. The molecule has 7 nitrogen and oxygen atoms in total. The second-order valence-electron chi connectivity index (χ2n) is 4.13. The zero-order chi connectivity index (χ0) is 13.1. The minimum absolute atomic E-state index is 0.